The first kappa shape index (κ1) is 19.7. The number of nitrogens with one attached hydrogen (secondary N) is 2. The summed E-state index contributed by atoms with van der Waals surface area (Å²) in [5.41, 5.74) is 1.64. The van der Waals surface area contributed by atoms with Gasteiger partial charge in [0, 0.05) is 23.1 Å². The summed E-state index contributed by atoms with van der Waals surface area (Å²) in [5.74, 6) is -0.251. The van der Waals surface area contributed by atoms with Crippen molar-refractivity contribution in [1.82, 2.24) is 10.0 Å². The third kappa shape index (κ3) is 6.01. The molecule has 5 nitrogen and oxygen atoms in total. The summed E-state index contributed by atoms with van der Waals surface area (Å²) >= 11 is 11.8. The van der Waals surface area contributed by atoms with Crippen LogP contribution in [0, 0.1) is 6.92 Å². The Morgan fingerprint density at radius 2 is 1.72 bits per heavy atom. The van der Waals surface area contributed by atoms with E-state index in [1.165, 1.54) is 0 Å². The van der Waals surface area contributed by atoms with Crippen LogP contribution >= 0.6 is 23.2 Å². The van der Waals surface area contributed by atoms with Crippen LogP contribution in [0.5, 0.6) is 0 Å². The maximum atomic E-state index is 12.1. The van der Waals surface area contributed by atoms with Crippen LogP contribution in [-0.4, -0.2) is 27.4 Å². The van der Waals surface area contributed by atoms with Gasteiger partial charge in [0.1, 0.15) is 0 Å². The number of hydrogen-bond donors (Lipinski definition) is 2. The van der Waals surface area contributed by atoms with Crippen LogP contribution in [0.1, 0.15) is 11.1 Å². The summed E-state index contributed by atoms with van der Waals surface area (Å²) in [5, 5.41) is 3.57. The smallest absolute Gasteiger partial charge is 0.240 e. The van der Waals surface area contributed by atoms with Crippen LogP contribution in [0.3, 0.4) is 0 Å². The fraction of sp³-hybridized carbons (Fsp3) is 0.235. The quantitative estimate of drug-likeness (QED) is 0.701. The first-order valence-electron chi connectivity index (χ1n) is 7.55. The van der Waals surface area contributed by atoms with Gasteiger partial charge in [-0.05, 0) is 36.8 Å². The van der Waals surface area contributed by atoms with E-state index < -0.39 is 10.0 Å². The van der Waals surface area contributed by atoms with Gasteiger partial charge in [-0.25, -0.2) is 13.1 Å². The van der Waals surface area contributed by atoms with Crippen molar-refractivity contribution >= 4 is 39.1 Å². The SMILES string of the molecule is Cc1ccc(S(=O)(=O)NCCNC(=O)Cc2ccc(Cl)cc2Cl)cc1. The van der Waals surface area contributed by atoms with Gasteiger partial charge in [0.2, 0.25) is 15.9 Å². The van der Waals surface area contributed by atoms with Crippen molar-refractivity contribution in [2.75, 3.05) is 13.1 Å². The Kier molecular flexibility index (Phi) is 6.84. The molecule has 2 aromatic carbocycles. The zero-order chi connectivity index (χ0) is 18.4. The predicted molar refractivity (Wildman–Crippen MR) is 99.5 cm³/mol. The number of benzene rings is 2. The average molecular weight is 401 g/mol. The number of hydrogen-bond acceptors (Lipinski definition) is 3. The second kappa shape index (κ2) is 8.67. The first-order chi connectivity index (χ1) is 11.8. The van der Waals surface area contributed by atoms with Crippen molar-refractivity contribution < 1.29 is 13.2 Å². The van der Waals surface area contributed by atoms with E-state index in [-0.39, 0.29) is 30.3 Å². The van der Waals surface area contributed by atoms with E-state index in [1.807, 2.05) is 6.92 Å². The van der Waals surface area contributed by atoms with Gasteiger partial charge in [0.25, 0.3) is 0 Å². The fourth-order valence-electron chi connectivity index (χ4n) is 2.09. The largest absolute Gasteiger partial charge is 0.354 e. The molecule has 1 amide bonds. The molecule has 0 atom stereocenters. The van der Waals surface area contributed by atoms with E-state index in [0.717, 1.165) is 5.56 Å². The standard InChI is InChI=1S/C17H18Cl2N2O3S/c1-12-2-6-15(7-3-12)25(23,24)21-9-8-20-17(22)10-13-4-5-14(18)11-16(13)19/h2-7,11,21H,8-10H2,1H3,(H,20,22). The van der Waals surface area contributed by atoms with Crippen molar-refractivity contribution in [2.24, 2.45) is 0 Å². The summed E-state index contributed by atoms with van der Waals surface area (Å²) in [6, 6.07) is 11.5. The molecule has 0 radical (unpaired) electrons. The molecule has 0 unspecified atom stereocenters. The van der Waals surface area contributed by atoms with Crippen molar-refractivity contribution in [2.45, 2.75) is 18.2 Å². The number of carbonyl (C=O) groups is 1. The van der Waals surface area contributed by atoms with Crippen molar-refractivity contribution in [1.29, 1.82) is 0 Å². The molecule has 0 spiro atoms. The van der Waals surface area contributed by atoms with Gasteiger partial charge < -0.3 is 5.32 Å². The third-order valence-electron chi connectivity index (χ3n) is 3.44. The molecule has 0 fully saturated rings. The number of amides is 1. The monoisotopic (exact) mass is 400 g/mol. The van der Waals surface area contributed by atoms with Crippen molar-refractivity contribution in [3.63, 3.8) is 0 Å². The number of sulfonamides is 1. The highest BCUT2D eigenvalue weighted by molar-refractivity contribution is 7.89. The summed E-state index contributed by atoms with van der Waals surface area (Å²) in [4.78, 5) is 12.1. The Balaban J connectivity index is 1.80. The molecule has 0 aliphatic rings. The number of carbonyl (C=O) groups excluding carboxylic acids is 1. The molecule has 2 N–H and O–H groups in total. The highest BCUT2D eigenvalue weighted by Crippen LogP contribution is 2.21. The van der Waals surface area contributed by atoms with E-state index >= 15 is 0 Å². The minimum atomic E-state index is -3.58. The Morgan fingerprint density at radius 1 is 1.04 bits per heavy atom. The molecule has 0 aliphatic heterocycles. The van der Waals surface area contributed by atoms with E-state index in [2.05, 4.69) is 10.0 Å². The van der Waals surface area contributed by atoms with E-state index in [9.17, 15) is 13.2 Å². The van der Waals surface area contributed by atoms with Crippen molar-refractivity contribution in [3.8, 4) is 0 Å². The van der Waals surface area contributed by atoms with Gasteiger partial charge in [-0.2, -0.15) is 0 Å². The second-order valence-electron chi connectivity index (χ2n) is 5.47. The molecule has 0 heterocycles. The lowest BCUT2D eigenvalue weighted by atomic mass is 10.1. The molecule has 0 aromatic heterocycles. The van der Waals surface area contributed by atoms with Crippen LogP contribution < -0.4 is 10.0 Å². The molecule has 0 saturated heterocycles. The van der Waals surface area contributed by atoms with Gasteiger partial charge in [0.15, 0.2) is 0 Å². The summed E-state index contributed by atoms with van der Waals surface area (Å²) in [7, 11) is -3.58. The Bertz CT molecular complexity index is 853. The number of halogens is 2. The highest BCUT2D eigenvalue weighted by atomic mass is 35.5. The Hall–Kier alpha value is -1.60. The van der Waals surface area contributed by atoms with Crippen LogP contribution in [-0.2, 0) is 21.2 Å². The molecular formula is C17H18Cl2N2O3S. The van der Waals surface area contributed by atoms with Crippen LogP contribution in [0.4, 0.5) is 0 Å². The van der Waals surface area contributed by atoms with E-state index in [4.69, 9.17) is 23.2 Å². The van der Waals surface area contributed by atoms with E-state index in [0.29, 0.717) is 15.6 Å². The summed E-state index contributed by atoms with van der Waals surface area (Å²) in [6.45, 7) is 2.15. The molecular weight excluding hydrogens is 383 g/mol. The van der Waals surface area contributed by atoms with Gasteiger partial charge in [0.05, 0.1) is 11.3 Å². The number of rotatable bonds is 7. The lowest BCUT2D eigenvalue weighted by Crippen LogP contribution is -2.35. The van der Waals surface area contributed by atoms with Gasteiger partial charge in [-0.1, -0.05) is 47.0 Å². The zero-order valence-corrected chi connectivity index (χ0v) is 15.9. The summed E-state index contributed by atoms with van der Waals surface area (Å²) in [6.07, 6.45) is 0.0979. The molecule has 0 aliphatic carbocycles. The fourth-order valence-corrected chi connectivity index (χ4v) is 3.60. The minimum absolute atomic E-state index is 0.0936. The van der Waals surface area contributed by atoms with Crippen LogP contribution in [0.25, 0.3) is 0 Å². The topological polar surface area (TPSA) is 75.3 Å². The summed E-state index contributed by atoms with van der Waals surface area (Å²) < 4.78 is 26.7. The van der Waals surface area contributed by atoms with Gasteiger partial charge >= 0.3 is 0 Å². The average Bonchev–Trinajstić information content (AvgIpc) is 2.55. The third-order valence-corrected chi connectivity index (χ3v) is 5.50. The maximum Gasteiger partial charge on any atom is 0.240 e. The molecule has 25 heavy (non-hydrogen) atoms. The van der Waals surface area contributed by atoms with Crippen molar-refractivity contribution in [3.05, 3.63) is 63.6 Å². The van der Waals surface area contributed by atoms with Crippen LogP contribution in [0.2, 0.25) is 10.0 Å². The predicted octanol–water partition coefficient (Wildman–Crippen LogP) is 2.94. The molecule has 8 heteroatoms. The molecule has 2 rings (SSSR count). The lowest BCUT2D eigenvalue weighted by molar-refractivity contribution is -0.120. The van der Waals surface area contributed by atoms with Gasteiger partial charge in [-0.15, -0.1) is 0 Å². The lowest BCUT2D eigenvalue weighted by Gasteiger charge is -2.09. The van der Waals surface area contributed by atoms with E-state index in [1.54, 1.807) is 42.5 Å². The Labute approximate surface area is 157 Å². The first-order valence-corrected chi connectivity index (χ1v) is 9.79. The van der Waals surface area contributed by atoms with Crippen LogP contribution in [0.15, 0.2) is 47.4 Å². The Morgan fingerprint density at radius 3 is 2.36 bits per heavy atom. The normalized spacial score (nSPS) is 11.3. The van der Waals surface area contributed by atoms with Gasteiger partial charge in [-0.3, -0.25) is 4.79 Å². The molecule has 2 aromatic rings. The maximum absolute atomic E-state index is 12.1. The molecule has 0 bridgehead atoms. The molecule has 0 saturated carbocycles. The highest BCUT2D eigenvalue weighted by Gasteiger charge is 2.13. The minimum Gasteiger partial charge on any atom is -0.354 e. The molecule has 134 valence electrons. The second-order valence-corrected chi connectivity index (χ2v) is 8.08. The number of aryl methyl sites for hydroxylation is 1. The zero-order valence-electron chi connectivity index (χ0n) is 13.6.